The Labute approximate surface area is 178 Å². The molecular weight excluding hydrogens is 372 g/mol. The van der Waals surface area contributed by atoms with Crippen LogP contribution >= 0.6 is 0 Å². The molecule has 0 aliphatic heterocycles. The summed E-state index contributed by atoms with van der Waals surface area (Å²) in [6.07, 6.45) is 0. The summed E-state index contributed by atoms with van der Waals surface area (Å²) in [5.74, 6) is -0.507. The summed E-state index contributed by atoms with van der Waals surface area (Å²) in [5, 5.41) is 6.08. The number of hydrogen-bond acceptors (Lipinski definition) is 2. The van der Waals surface area contributed by atoms with Crippen molar-refractivity contribution in [2.24, 2.45) is 5.92 Å². The van der Waals surface area contributed by atoms with E-state index in [1.165, 1.54) is 0 Å². The average Bonchev–Trinajstić information content (AvgIpc) is 2.76. The molecule has 3 rings (SSSR count). The average molecular weight is 401 g/mol. The van der Waals surface area contributed by atoms with Gasteiger partial charge >= 0.3 is 0 Å². The highest BCUT2D eigenvalue weighted by atomic mass is 16.2. The number of carbonyl (C=O) groups is 2. The topological polar surface area (TPSA) is 58.2 Å². The third-order valence-corrected chi connectivity index (χ3v) is 5.18. The molecule has 3 aromatic rings. The molecule has 1 atom stereocenters. The highest BCUT2D eigenvalue weighted by molar-refractivity contribution is 5.98. The summed E-state index contributed by atoms with van der Waals surface area (Å²) in [5.41, 5.74) is 3.44. The molecule has 0 aliphatic rings. The van der Waals surface area contributed by atoms with Crippen molar-refractivity contribution in [3.8, 4) is 0 Å². The van der Waals surface area contributed by atoms with Gasteiger partial charge in [0.05, 0.1) is 6.04 Å². The SMILES string of the molecule is Cc1ccccc1C(=O)N[C@@H](C(=O)NC(c1ccccc1)c1ccccc1)C(C)C. The maximum absolute atomic E-state index is 13.3. The van der Waals surface area contributed by atoms with Crippen molar-refractivity contribution in [3.05, 3.63) is 107 Å². The van der Waals surface area contributed by atoms with Gasteiger partial charge < -0.3 is 10.6 Å². The van der Waals surface area contributed by atoms with Gasteiger partial charge in [0.1, 0.15) is 6.04 Å². The van der Waals surface area contributed by atoms with Crippen molar-refractivity contribution in [3.63, 3.8) is 0 Å². The Kier molecular flexibility index (Phi) is 7.02. The molecule has 2 amide bonds. The Balaban J connectivity index is 1.83. The smallest absolute Gasteiger partial charge is 0.252 e. The normalized spacial score (nSPS) is 11.9. The molecule has 4 nitrogen and oxygen atoms in total. The third-order valence-electron chi connectivity index (χ3n) is 5.18. The van der Waals surface area contributed by atoms with Crippen LogP contribution < -0.4 is 10.6 Å². The fourth-order valence-corrected chi connectivity index (χ4v) is 3.46. The van der Waals surface area contributed by atoms with Crippen LogP contribution in [0.25, 0.3) is 0 Å². The van der Waals surface area contributed by atoms with E-state index in [2.05, 4.69) is 10.6 Å². The fourth-order valence-electron chi connectivity index (χ4n) is 3.46. The van der Waals surface area contributed by atoms with E-state index in [4.69, 9.17) is 0 Å². The van der Waals surface area contributed by atoms with Crippen LogP contribution in [0, 0.1) is 12.8 Å². The van der Waals surface area contributed by atoms with E-state index in [0.29, 0.717) is 5.56 Å². The van der Waals surface area contributed by atoms with E-state index in [-0.39, 0.29) is 23.8 Å². The Morgan fingerprint density at radius 3 is 1.70 bits per heavy atom. The Morgan fingerprint density at radius 2 is 1.20 bits per heavy atom. The lowest BCUT2D eigenvalue weighted by Gasteiger charge is -2.26. The second-order valence-electron chi connectivity index (χ2n) is 7.77. The standard InChI is InChI=1S/C26H28N2O2/c1-18(2)23(27-25(29)22-17-11-10-12-19(22)3)26(30)28-24(20-13-6-4-7-14-20)21-15-8-5-9-16-21/h4-18,23-24H,1-3H3,(H,27,29)(H,28,30)/t23-/m1/s1. The van der Waals surface area contributed by atoms with Crippen LogP contribution in [0.5, 0.6) is 0 Å². The number of amides is 2. The van der Waals surface area contributed by atoms with E-state index in [1.54, 1.807) is 6.07 Å². The van der Waals surface area contributed by atoms with Crippen LogP contribution in [0.1, 0.15) is 46.9 Å². The van der Waals surface area contributed by atoms with Crippen molar-refractivity contribution in [2.75, 3.05) is 0 Å². The predicted molar refractivity (Wildman–Crippen MR) is 120 cm³/mol. The fraction of sp³-hybridized carbons (Fsp3) is 0.231. The van der Waals surface area contributed by atoms with E-state index in [9.17, 15) is 9.59 Å². The van der Waals surface area contributed by atoms with Crippen LogP contribution in [0.4, 0.5) is 0 Å². The third kappa shape index (κ3) is 5.15. The van der Waals surface area contributed by atoms with Crippen LogP contribution in [0.2, 0.25) is 0 Å². The van der Waals surface area contributed by atoms with Gasteiger partial charge in [0.2, 0.25) is 5.91 Å². The molecule has 0 heterocycles. The zero-order valence-corrected chi connectivity index (χ0v) is 17.6. The number of rotatable bonds is 7. The Bertz CT molecular complexity index is 945. The second-order valence-corrected chi connectivity index (χ2v) is 7.77. The maximum atomic E-state index is 13.3. The van der Waals surface area contributed by atoms with Crippen LogP contribution in [-0.4, -0.2) is 17.9 Å². The molecule has 0 bridgehead atoms. The molecule has 4 heteroatoms. The molecule has 0 saturated carbocycles. The molecule has 0 aromatic heterocycles. The van der Waals surface area contributed by atoms with Gasteiger partial charge in [-0.1, -0.05) is 92.7 Å². The van der Waals surface area contributed by atoms with Crippen molar-refractivity contribution in [2.45, 2.75) is 32.9 Å². The number of benzene rings is 3. The molecule has 3 aromatic carbocycles. The quantitative estimate of drug-likeness (QED) is 0.606. The molecule has 0 aliphatic carbocycles. The predicted octanol–water partition coefficient (Wildman–Crippen LogP) is 4.66. The highest BCUT2D eigenvalue weighted by Gasteiger charge is 2.28. The molecule has 0 fully saturated rings. The summed E-state index contributed by atoms with van der Waals surface area (Å²) in [4.78, 5) is 26.1. The van der Waals surface area contributed by atoms with Gasteiger partial charge in [-0.05, 0) is 35.6 Å². The number of nitrogens with one attached hydrogen (secondary N) is 2. The lowest BCUT2D eigenvalue weighted by Crippen LogP contribution is -2.50. The van der Waals surface area contributed by atoms with E-state index >= 15 is 0 Å². The van der Waals surface area contributed by atoms with Crippen molar-refractivity contribution >= 4 is 11.8 Å². The zero-order chi connectivity index (χ0) is 21.5. The van der Waals surface area contributed by atoms with Crippen LogP contribution in [0.3, 0.4) is 0 Å². The van der Waals surface area contributed by atoms with Gasteiger partial charge in [0.25, 0.3) is 5.91 Å². The Morgan fingerprint density at radius 1 is 0.700 bits per heavy atom. The monoisotopic (exact) mass is 400 g/mol. The Hall–Kier alpha value is -3.40. The van der Waals surface area contributed by atoms with Crippen molar-refractivity contribution in [1.29, 1.82) is 0 Å². The summed E-state index contributed by atoms with van der Waals surface area (Å²) in [7, 11) is 0. The van der Waals surface area contributed by atoms with Crippen molar-refractivity contribution < 1.29 is 9.59 Å². The van der Waals surface area contributed by atoms with Crippen LogP contribution in [0.15, 0.2) is 84.9 Å². The van der Waals surface area contributed by atoms with Gasteiger partial charge in [-0.2, -0.15) is 0 Å². The first-order chi connectivity index (χ1) is 14.5. The lowest BCUT2D eigenvalue weighted by atomic mass is 9.96. The molecule has 30 heavy (non-hydrogen) atoms. The number of carbonyl (C=O) groups excluding carboxylic acids is 2. The van der Waals surface area contributed by atoms with Crippen LogP contribution in [-0.2, 0) is 4.79 Å². The molecular formula is C26H28N2O2. The maximum Gasteiger partial charge on any atom is 0.252 e. The van der Waals surface area contributed by atoms with Gasteiger partial charge in [-0.25, -0.2) is 0 Å². The largest absolute Gasteiger partial charge is 0.343 e. The molecule has 154 valence electrons. The van der Waals surface area contributed by atoms with E-state index < -0.39 is 6.04 Å². The van der Waals surface area contributed by atoms with Crippen molar-refractivity contribution in [1.82, 2.24) is 10.6 Å². The van der Waals surface area contributed by atoms with Gasteiger partial charge in [-0.15, -0.1) is 0 Å². The molecule has 0 saturated heterocycles. The zero-order valence-electron chi connectivity index (χ0n) is 17.6. The van der Waals surface area contributed by atoms with Gasteiger partial charge in [0, 0.05) is 5.56 Å². The van der Waals surface area contributed by atoms with Gasteiger partial charge in [-0.3, -0.25) is 9.59 Å². The highest BCUT2D eigenvalue weighted by Crippen LogP contribution is 2.22. The summed E-state index contributed by atoms with van der Waals surface area (Å²) >= 11 is 0. The molecule has 0 spiro atoms. The minimum absolute atomic E-state index is 0.0647. The lowest BCUT2D eigenvalue weighted by molar-refractivity contribution is -0.124. The summed E-state index contributed by atoms with van der Waals surface area (Å²) < 4.78 is 0. The molecule has 2 N–H and O–H groups in total. The summed E-state index contributed by atoms with van der Waals surface area (Å²) in [6, 6.07) is 26.1. The first-order valence-corrected chi connectivity index (χ1v) is 10.2. The van der Waals surface area contributed by atoms with E-state index in [0.717, 1.165) is 16.7 Å². The minimum atomic E-state index is -0.646. The number of aryl methyl sites for hydroxylation is 1. The first kappa shape index (κ1) is 21.3. The molecule has 0 radical (unpaired) electrons. The summed E-state index contributed by atoms with van der Waals surface area (Å²) in [6.45, 7) is 5.75. The van der Waals surface area contributed by atoms with E-state index in [1.807, 2.05) is 99.6 Å². The minimum Gasteiger partial charge on any atom is -0.343 e. The number of hydrogen-bond donors (Lipinski definition) is 2. The van der Waals surface area contributed by atoms with Gasteiger partial charge in [0.15, 0.2) is 0 Å². The molecule has 0 unspecified atom stereocenters. The second kappa shape index (κ2) is 9.88. The first-order valence-electron chi connectivity index (χ1n) is 10.2.